The van der Waals surface area contributed by atoms with Crippen molar-refractivity contribution in [3.63, 3.8) is 0 Å². The number of rotatable bonds is 5. The smallest absolute Gasteiger partial charge is 0.290 e. The van der Waals surface area contributed by atoms with E-state index in [1.54, 1.807) is 18.2 Å². The molecule has 1 amide bonds. The van der Waals surface area contributed by atoms with Crippen molar-refractivity contribution in [2.24, 2.45) is 7.05 Å². The largest absolute Gasteiger partial charge is 0.373 e. The predicted molar refractivity (Wildman–Crippen MR) is 140 cm³/mol. The molecule has 0 atom stereocenters. The Labute approximate surface area is 214 Å². The Bertz CT molecular complexity index is 1670. The van der Waals surface area contributed by atoms with E-state index in [2.05, 4.69) is 20.8 Å². The van der Waals surface area contributed by atoms with E-state index >= 15 is 0 Å². The Hall–Kier alpha value is -4.35. The predicted octanol–water partition coefficient (Wildman–Crippen LogP) is 4.52. The summed E-state index contributed by atoms with van der Waals surface area (Å²) in [6.45, 7) is 1.68. The van der Waals surface area contributed by atoms with Crippen molar-refractivity contribution in [3.8, 4) is 11.3 Å². The van der Waals surface area contributed by atoms with Crippen molar-refractivity contribution in [3.05, 3.63) is 87.4 Å². The zero-order valence-corrected chi connectivity index (χ0v) is 20.5. The Morgan fingerprint density at radius 1 is 1.08 bits per heavy atom. The molecule has 0 aliphatic carbocycles. The number of amides is 1. The summed E-state index contributed by atoms with van der Waals surface area (Å²) >= 11 is 1.34. The zero-order valence-electron chi connectivity index (χ0n) is 19.7. The molecule has 0 fully saturated rings. The minimum atomic E-state index is -0.577. The van der Waals surface area contributed by atoms with Gasteiger partial charge in [-0.1, -0.05) is 18.2 Å². The van der Waals surface area contributed by atoms with E-state index in [0.29, 0.717) is 41.7 Å². The summed E-state index contributed by atoms with van der Waals surface area (Å²) < 4.78 is 24.1. The molecule has 3 aromatic heterocycles. The minimum absolute atomic E-state index is 0.0203. The van der Waals surface area contributed by atoms with Crippen molar-refractivity contribution in [2.45, 2.75) is 13.2 Å². The van der Waals surface area contributed by atoms with Crippen LogP contribution in [0, 0.1) is 5.82 Å². The number of nitrogens with zero attached hydrogens (tertiary/aromatic N) is 4. The quantitative estimate of drug-likeness (QED) is 0.356. The first kappa shape index (κ1) is 23.1. The van der Waals surface area contributed by atoms with E-state index < -0.39 is 11.7 Å². The summed E-state index contributed by atoms with van der Waals surface area (Å²) in [5.74, 6) is -0.460. The van der Waals surface area contributed by atoms with Gasteiger partial charge in [-0.3, -0.25) is 14.3 Å². The molecule has 0 radical (unpaired) electrons. The molecule has 1 aliphatic heterocycles. The fourth-order valence-electron chi connectivity index (χ4n) is 4.19. The van der Waals surface area contributed by atoms with Crippen LogP contribution in [0.1, 0.15) is 15.4 Å². The number of nitrogens with one attached hydrogen (secondary N) is 2. The van der Waals surface area contributed by atoms with E-state index in [1.165, 1.54) is 35.2 Å². The third kappa shape index (κ3) is 4.50. The van der Waals surface area contributed by atoms with Crippen LogP contribution in [0.5, 0.6) is 0 Å². The maximum atomic E-state index is 14.7. The molecule has 0 saturated carbocycles. The number of anilines is 3. The minimum Gasteiger partial charge on any atom is -0.373 e. The third-order valence-corrected chi connectivity index (χ3v) is 7.16. The lowest BCUT2D eigenvalue weighted by atomic mass is 10.1. The van der Waals surface area contributed by atoms with Crippen LogP contribution in [0.25, 0.3) is 21.3 Å². The van der Waals surface area contributed by atoms with E-state index in [4.69, 9.17) is 4.74 Å². The second kappa shape index (κ2) is 9.26. The second-order valence-corrected chi connectivity index (χ2v) is 9.67. The lowest BCUT2D eigenvalue weighted by Gasteiger charge is -2.12. The molecule has 5 aromatic rings. The van der Waals surface area contributed by atoms with Crippen molar-refractivity contribution in [1.82, 2.24) is 19.6 Å². The van der Waals surface area contributed by atoms with Gasteiger partial charge in [-0.15, -0.1) is 11.3 Å². The molecule has 0 spiro atoms. The van der Waals surface area contributed by atoms with Gasteiger partial charge in [0.05, 0.1) is 41.7 Å². The summed E-state index contributed by atoms with van der Waals surface area (Å²) in [5.41, 5.74) is 1.82. The maximum absolute atomic E-state index is 14.7. The summed E-state index contributed by atoms with van der Waals surface area (Å²) in [4.78, 5) is 26.1. The highest BCUT2D eigenvalue weighted by molar-refractivity contribution is 7.20. The number of hydrogen-bond acceptors (Lipinski definition) is 7. The first-order valence-electron chi connectivity index (χ1n) is 11.5. The van der Waals surface area contributed by atoms with Gasteiger partial charge in [-0.2, -0.15) is 10.2 Å². The average Bonchev–Trinajstić information content (AvgIpc) is 3.51. The Kier molecular flexibility index (Phi) is 5.78. The van der Waals surface area contributed by atoms with Crippen LogP contribution >= 0.6 is 11.3 Å². The monoisotopic (exact) mass is 516 g/mol. The van der Waals surface area contributed by atoms with Crippen LogP contribution in [-0.2, 0) is 24.9 Å². The average molecular weight is 517 g/mol. The summed E-state index contributed by atoms with van der Waals surface area (Å²) in [6.07, 6.45) is 0. The highest BCUT2D eigenvalue weighted by atomic mass is 32.1. The van der Waals surface area contributed by atoms with Crippen molar-refractivity contribution >= 4 is 44.5 Å². The van der Waals surface area contributed by atoms with Gasteiger partial charge in [0, 0.05) is 23.4 Å². The number of thiophene rings is 1. The zero-order chi connectivity index (χ0) is 25.5. The lowest BCUT2D eigenvalue weighted by molar-refractivity contribution is 0.0801. The molecule has 0 bridgehead atoms. The number of aromatic nitrogens is 4. The maximum Gasteiger partial charge on any atom is 0.290 e. The Morgan fingerprint density at radius 3 is 2.78 bits per heavy atom. The molecule has 0 saturated heterocycles. The topological polar surface area (TPSA) is 103 Å². The van der Waals surface area contributed by atoms with Crippen LogP contribution < -0.4 is 16.2 Å². The number of ether oxygens (including phenoxy) is 1. The molecule has 2 aromatic carbocycles. The summed E-state index contributed by atoms with van der Waals surface area (Å²) in [5, 5.41) is 15.5. The molecular formula is C26H21FN6O3S. The van der Waals surface area contributed by atoms with Gasteiger partial charge in [0.15, 0.2) is 5.82 Å². The highest BCUT2D eigenvalue weighted by Crippen LogP contribution is 2.29. The molecule has 0 unspecified atom stereocenters. The molecule has 37 heavy (non-hydrogen) atoms. The number of benzene rings is 2. The third-order valence-electron chi connectivity index (χ3n) is 6.05. The molecular weight excluding hydrogens is 495 g/mol. The number of fused-ring (bicyclic) bond motifs is 2. The first-order chi connectivity index (χ1) is 17.9. The Balaban J connectivity index is 1.29. The van der Waals surface area contributed by atoms with Crippen LogP contribution in [0.3, 0.4) is 0 Å². The van der Waals surface area contributed by atoms with E-state index in [9.17, 15) is 14.0 Å². The van der Waals surface area contributed by atoms with Crippen LogP contribution in [0.15, 0.2) is 65.5 Å². The van der Waals surface area contributed by atoms with Gasteiger partial charge in [-0.05, 0) is 41.8 Å². The molecule has 9 nitrogen and oxygen atoms in total. The highest BCUT2D eigenvalue weighted by Gasteiger charge is 2.17. The fourth-order valence-corrected chi connectivity index (χ4v) is 5.15. The van der Waals surface area contributed by atoms with E-state index in [1.807, 2.05) is 35.0 Å². The Morgan fingerprint density at radius 2 is 1.95 bits per heavy atom. The van der Waals surface area contributed by atoms with Crippen LogP contribution in [0.2, 0.25) is 0 Å². The number of hydrogen-bond donors (Lipinski definition) is 2. The molecule has 1 aliphatic rings. The number of carbonyl (C=O) groups is 1. The summed E-state index contributed by atoms with van der Waals surface area (Å²) in [6, 6.07) is 17.2. The molecule has 6 rings (SSSR count). The normalized spacial score (nSPS) is 12.9. The second-order valence-electron chi connectivity index (χ2n) is 8.59. The fraction of sp³-hybridized carbons (Fsp3) is 0.154. The molecule has 11 heteroatoms. The van der Waals surface area contributed by atoms with Crippen LogP contribution in [0.4, 0.5) is 21.6 Å². The van der Waals surface area contributed by atoms with Gasteiger partial charge >= 0.3 is 0 Å². The number of halogens is 1. The van der Waals surface area contributed by atoms with Crippen molar-refractivity contribution in [1.29, 1.82) is 0 Å². The summed E-state index contributed by atoms with van der Waals surface area (Å²) in [7, 11) is 1.54. The lowest BCUT2D eigenvalue weighted by Crippen LogP contribution is -2.23. The molecule has 2 N–H and O–H groups in total. The van der Waals surface area contributed by atoms with Gasteiger partial charge < -0.3 is 15.4 Å². The van der Waals surface area contributed by atoms with E-state index in [-0.39, 0.29) is 16.9 Å². The SMILES string of the molecule is Cn1nc(-c2ccc(F)c(NC(=O)c3cc4ccccc4s3)c2)cc(Nc2cc3n(n2)CCOC3)c1=O. The van der Waals surface area contributed by atoms with Gasteiger partial charge in [0.2, 0.25) is 0 Å². The first-order valence-corrected chi connectivity index (χ1v) is 12.4. The van der Waals surface area contributed by atoms with E-state index in [0.717, 1.165) is 15.8 Å². The van der Waals surface area contributed by atoms with Crippen molar-refractivity contribution < 1.29 is 13.9 Å². The number of aryl methyl sites for hydroxylation is 1. The molecule has 4 heterocycles. The van der Waals surface area contributed by atoms with Gasteiger partial charge in [0.25, 0.3) is 11.5 Å². The standard InChI is InChI=1S/C26H21FN6O3S/c1-32-26(35)21(28-24-12-17-14-36-9-8-33(17)31-24)13-19(30-32)15-6-7-18(27)20(10-15)29-25(34)23-11-16-4-2-3-5-22(16)37-23/h2-7,10-13H,8-9,14H2,1H3,(H,28,31)(H,29,34). The van der Waals surface area contributed by atoms with Crippen molar-refractivity contribution in [2.75, 3.05) is 17.2 Å². The van der Waals surface area contributed by atoms with Crippen LogP contribution in [-0.4, -0.2) is 32.1 Å². The number of carbonyl (C=O) groups excluding carboxylic acids is 1. The van der Waals surface area contributed by atoms with Gasteiger partial charge in [0.1, 0.15) is 11.5 Å². The molecule has 186 valence electrons. The van der Waals surface area contributed by atoms with Gasteiger partial charge in [-0.25, -0.2) is 9.07 Å².